The van der Waals surface area contributed by atoms with E-state index in [9.17, 15) is 0 Å². The minimum absolute atomic E-state index is 0.215. The summed E-state index contributed by atoms with van der Waals surface area (Å²) in [6, 6.07) is 6.21. The van der Waals surface area contributed by atoms with E-state index in [0.717, 1.165) is 43.7 Å². The Balaban J connectivity index is 1.83. The number of nitrogens with two attached hydrogens (primary N) is 1. The van der Waals surface area contributed by atoms with Gasteiger partial charge in [0.05, 0.1) is 12.6 Å². The number of aryl methyl sites for hydroxylation is 1. The SMILES string of the molecule is CCCCCCNC(N)=NCc1ccc(C)cc1OCC1CCCO1. The lowest BCUT2D eigenvalue weighted by atomic mass is 10.1. The van der Waals surface area contributed by atoms with Gasteiger partial charge < -0.3 is 20.5 Å². The van der Waals surface area contributed by atoms with E-state index in [2.05, 4.69) is 42.4 Å². The maximum Gasteiger partial charge on any atom is 0.188 e. The zero-order chi connectivity index (χ0) is 17.9. The zero-order valence-corrected chi connectivity index (χ0v) is 15.7. The van der Waals surface area contributed by atoms with Crippen molar-refractivity contribution in [3.8, 4) is 5.75 Å². The Morgan fingerprint density at radius 3 is 3.00 bits per heavy atom. The van der Waals surface area contributed by atoms with Crippen LogP contribution < -0.4 is 15.8 Å². The Bertz CT molecular complexity index is 540. The Morgan fingerprint density at radius 1 is 1.36 bits per heavy atom. The summed E-state index contributed by atoms with van der Waals surface area (Å²) in [4.78, 5) is 4.45. The second kappa shape index (κ2) is 11.0. The predicted octanol–water partition coefficient (Wildman–Crippen LogP) is 3.54. The predicted molar refractivity (Wildman–Crippen MR) is 103 cm³/mol. The minimum atomic E-state index is 0.215. The Labute approximate surface area is 152 Å². The first-order valence-corrected chi connectivity index (χ1v) is 9.56. The zero-order valence-electron chi connectivity index (χ0n) is 15.7. The molecule has 0 amide bonds. The first kappa shape index (κ1) is 19.6. The number of rotatable bonds is 10. The number of nitrogens with zero attached hydrogens (tertiary/aromatic N) is 1. The number of ether oxygens (including phenoxy) is 2. The van der Waals surface area contributed by atoms with Gasteiger partial charge in [0.25, 0.3) is 0 Å². The van der Waals surface area contributed by atoms with Crippen LogP contribution in [-0.4, -0.2) is 31.8 Å². The molecule has 2 rings (SSSR count). The Morgan fingerprint density at radius 2 is 2.24 bits per heavy atom. The number of guanidine groups is 1. The van der Waals surface area contributed by atoms with Crippen LogP contribution in [0.4, 0.5) is 0 Å². The van der Waals surface area contributed by atoms with Crippen molar-refractivity contribution in [2.45, 2.75) is 65.0 Å². The maximum absolute atomic E-state index is 6.00. The summed E-state index contributed by atoms with van der Waals surface area (Å²) >= 11 is 0. The molecule has 0 saturated carbocycles. The standard InChI is InChI=1S/C20H33N3O2/c1-3-4-5-6-11-22-20(21)23-14-17-10-9-16(2)13-19(17)25-15-18-8-7-12-24-18/h9-10,13,18H,3-8,11-12,14-15H2,1-2H3,(H3,21,22,23). The monoisotopic (exact) mass is 347 g/mol. The van der Waals surface area contributed by atoms with Gasteiger partial charge in [-0.05, 0) is 37.8 Å². The van der Waals surface area contributed by atoms with E-state index < -0.39 is 0 Å². The highest BCUT2D eigenvalue weighted by Crippen LogP contribution is 2.23. The van der Waals surface area contributed by atoms with Crippen LogP contribution in [-0.2, 0) is 11.3 Å². The molecule has 1 fully saturated rings. The number of hydrogen-bond donors (Lipinski definition) is 2. The van der Waals surface area contributed by atoms with Crippen molar-refractivity contribution in [1.29, 1.82) is 0 Å². The number of aliphatic imine (C=N–C) groups is 1. The van der Waals surface area contributed by atoms with Gasteiger partial charge in [-0.25, -0.2) is 4.99 Å². The maximum atomic E-state index is 6.00. The molecule has 1 atom stereocenters. The van der Waals surface area contributed by atoms with Crippen LogP contribution >= 0.6 is 0 Å². The molecule has 0 radical (unpaired) electrons. The lowest BCUT2D eigenvalue weighted by Crippen LogP contribution is -2.32. The average molecular weight is 348 g/mol. The number of hydrogen-bond acceptors (Lipinski definition) is 3. The average Bonchev–Trinajstić information content (AvgIpc) is 3.12. The highest BCUT2D eigenvalue weighted by Gasteiger charge is 2.16. The molecule has 25 heavy (non-hydrogen) atoms. The summed E-state index contributed by atoms with van der Waals surface area (Å²) in [6.07, 6.45) is 7.29. The molecule has 0 spiro atoms. The van der Waals surface area contributed by atoms with Gasteiger partial charge in [0.1, 0.15) is 12.4 Å². The van der Waals surface area contributed by atoms with E-state index in [4.69, 9.17) is 15.2 Å². The fourth-order valence-corrected chi connectivity index (χ4v) is 2.88. The summed E-state index contributed by atoms with van der Waals surface area (Å²) < 4.78 is 11.6. The summed E-state index contributed by atoms with van der Waals surface area (Å²) in [5, 5.41) is 3.19. The quantitative estimate of drug-likeness (QED) is 0.386. The fraction of sp³-hybridized carbons (Fsp3) is 0.650. The summed E-state index contributed by atoms with van der Waals surface area (Å²) in [7, 11) is 0. The van der Waals surface area contributed by atoms with Crippen molar-refractivity contribution in [2.75, 3.05) is 19.8 Å². The third-order valence-electron chi connectivity index (χ3n) is 4.43. The molecular formula is C20H33N3O2. The molecule has 1 aliphatic rings. The van der Waals surface area contributed by atoms with Crippen LogP contribution in [0.2, 0.25) is 0 Å². The third kappa shape index (κ3) is 7.34. The van der Waals surface area contributed by atoms with Gasteiger partial charge >= 0.3 is 0 Å². The van der Waals surface area contributed by atoms with Crippen LogP contribution in [0.5, 0.6) is 5.75 Å². The van der Waals surface area contributed by atoms with E-state index in [0.29, 0.717) is 19.1 Å². The van der Waals surface area contributed by atoms with E-state index in [-0.39, 0.29) is 6.10 Å². The van der Waals surface area contributed by atoms with Gasteiger partial charge in [-0.3, -0.25) is 0 Å². The molecule has 0 bridgehead atoms. The highest BCUT2D eigenvalue weighted by molar-refractivity contribution is 5.77. The van der Waals surface area contributed by atoms with E-state index in [1.54, 1.807) is 0 Å². The van der Waals surface area contributed by atoms with Crippen molar-refractivity contribution < 1.29 is 9.47 Å². The molecular weight excluding hydrogens is 314 g/mol. The lowest BCUT2D eigenvalue weighted by molar-refractivity contribution is 0.0676. The number of benzene rings is 1. The largest absolute Gasteiger partial charge is 0.491 e. The van der Waals surface area contributed by atoms with Crippen molar-refractivity contribution in [3.05, 3.63) is 29.3 Å². The third-order valence-corrected chi connectivity index (χ3v) is 4.43. The summed E-state index contributed by atoms with van der Waals surface area (Å²) in [6.45, 7) is 7.13. The molecule has 3 N–H and O–H groups in total. The Hall–Kier alpha value is -1.75. The normalized spacial score (nSPS) is 17.7. The van der Waals surface area contributed by atoms with Crippen LogP contribution in [0.15, 0.2) is 23.2 Å². The summed E-state index contributed by atoms with van der Waals surface area (Å²) in [5.41, 5.74) is 8.20. The van der Waals surface area contributed by atoms with E-state index >= 15 is 0 Å². The van der Waals surface area contributed by atoms with Crippen molar-refractivity contribution in [1.82, 2.24) is 5.32 Å². The second-order valence-electron chi connectivity index (χ2n) is 6.75. The van der Waals surface area contributed by atoms with Crippen LogP contribution in [0.3, 0.4) is 0 Å². The van der Waals surface area contributed by atoms with Crippen molar-refractivity contribution in [2.24, 2.45) is 10.7 Å². The van der Waals surface area contributed by atoms with E-state index in [1.165, 1.54) is 24.8 Å². The molecule has 1 aromatic rings. The minimum Gasteiger partial charge on any atom is -0.491 e. The van der Waals surface area contributed by atoms with Crippen LogP contribution in [0.1, 0.15) is 56.6 Å². The molecule has 5 heteroatoms. The fourth-order valence-electron chi connectivity index (χ4n) is 2.88. The molecule has 140 valence electrons. The van der Waals surface area contributed by atoms with E-state index in [1.807, 2.05) is 0 Å². The molecule has 0 aromatic heterocycles. The first-order valence-electron chi connectivity index (χ1n) is 9.56. The molecule has 1 heterocycles. The molecule has 1 aromatic carbocycles. The van der Waals surface area contributed by atoms with Crippen LogP contribution in [0, 0.1) is 6.92 Å². The lowest BCUT2D eigenvalue weighted by Gasteiger charge is -2.15. The van der Waals surface area contributed by atoms with Gasteiger partial charge in [0.2, 0.25) is 0 Å². The van der Waals surface area contributed by atoms with Gasteiger partial charge in [0, 0.05) is 18.7 Å². The first-order chi connectivity index (χ1) is 12.2. The van der Waals surface area contributed by atoms with Gasteiger partial charge in [-0.1, -0.05) is 38.3 Å². The smallest absolute Gasteiger partial charge is 0.188 e. The second-order valence-corrected chi connectivity index (χ2v) is 6.75. The Kier molecular flexibility index (Phi) is 8.60. The number of unbranched alkanes of at least 4 members (excludes halogenated alkanes) is 3. The van der Waals surface area contributed by atoms with Gasteiger partial charge in [0.15, 0.2) is 5.96 Å². The van der Waals surface area contributed by atoms with Crippen molar-refractivity contribution in [3.63, 3.8) is 0 Å². The summed E-state index contributed by atoms with van der Waals surface area (Å²) in [5.74, 6) is 1.39. The molecule has 1 aliphatic heterocycles. The molecule has 5 nitrogen and oxygen atoms in total. The topological polar surface area (TPSA) is 68.9 Å². The molecule has 1 saturated heterocycles. The number of nitrogens with one attached hydrogen (secondary N) is 1. The van der Waals surface area contributed by atoms with Gasteiger partial charge in [-0.2, -0.15) is 0 Å². The molecule has 1 unspecified atom stereocenters. The molecule has 0 aliphatic carbocycles. The van der Waals surface area contributed by atoms with Crippen LogP contribution in [0.25, 0.3) is 0 Å². The highest BCUT2D eigenvalue weighted by atomic mass is 16.5. The van der Waals surface area contributed by atoms with Gasteiger partial charge in [-0.15, -0.1) is 0 Å². The van der Waals surface area contributed by atoms with Crippen molar-refractivity contribution >= 4 is 5.96 Å².